The van der Waals surface area contributed by atoms with Crippen molar-refractivity contribution in [2.75, 3.05) is 14.7 Å². The van der Waals surface area contributed by atoms with Gasteiger partial charge in [-0.15, -0.1) is 22.7 Å². The van der Waals surface area contributed by atoms with E-state index in [-0.39, 0.29) is 0 Å². The lowest BCUT2D eigenvalue weighted by molar-refractivity contribution is 1.29. The number of hydrogen-bond donors (Lipinski definition) is 0. The molecule has 2 heterocycles. The van der Waals surface area contributed by atoms with Gasteiger partial charge in [0.25, 0.3) is 0 Å². The maximum absolute atomic E-state index is 2.49. The summed E-state index contributed by atoms with van der Waals surface area (Å²) in [5, 5.41) is 4.98. The topological polar surface area (TPSA) is 9.72 Å². The van der Waals surface area contributed by atoms with Gasteiger partial charge in [-0.2, -0.15) is 0 Å². The molecule has 0 aliphatic rings. The van der Waals surface area contributed by atoms with Crippen LogP contribution in [0.2, 0.25) is 0 Å². The van der Waals surface area contributed by atoms with Crippen molar-refractivity contribution in [2.45, 2.75) is 0 Å². The molecular formula is C54H37N3S2. The fourth-order valence-electron chi connectivity index (χ4n) is 8.41. The molecule has 11 aromatic rings. The minimum atomic E-state index is 1.12. The highest BCUT2D eigenvalue weighted by atomic mass is 32.1. The number of rotatable bonds is 9. The molecule has 0 aliphatic carbocycles. The van der Waals surface area contributed by atoms with Gasteiger partial charge < -0.3 is 14.7 Å². The normalized spacial score (nSPS) is 11.4. The van der Waals surface area contributed by atoms with Crippen LogP contribution in [0.3, 0.4) is 0 Å². The van der Waals surface area contributed by atoms with Gasteiger partial charge in [0.15, 0.2) is 0 Å². The smallest absolute Gasteiger partial charge is 0.0641 e. The summed E-state index contributed by atoms with van der Waals surface area (Å²) >= 11 is 3.73. The van der Waals surface area contributed by atoms with Gasteiger partial charge in [-0.25, -0.2) is 0 Å². The number of fused-ring (bicyclic) bond motifs is 6. The third-order valence-electron chi connectivity index (χ3n) is 11.0. The van der Waals surface area contributed by atoms with E-state index in [1.165, 1.54) is 40.3 Å². The Morgan fingerprint density at radius 1 is 0.254 bits per heavy atom. The Kier molecular flexibility index (Phi) is 8.88. The summed E-state index contributed by atoms with van der Waals surface area (Å²) in [7, 11) is 0. The number of benzene rings is 9. The largest absolute Gasteiger partial charge is 0.310 e. The lowest BCUT2D eigenvalue weighted by Crippen LogP contribution is -2.13. The molecule has 0 atom stereocenters. The molecule has 3 nitrogen and oxygen atoms in total. The van der Waals surface area contributed by atoms with Crippen molar-refractivity contribution < 1.29 is 0 Å². The summed E-state index contributed by atoms with van der Waals surface area (Å²) in [6.45, 7) is 0. The van der Waals surface area contributed by atoms with E-state index in [1.807, 2.05) is 22.7 Å². The van der Waals surface area contributed by atoms with Crippen molar-refractivity contribution in [2.24, 2.45) is 0 Å². The molecular weight excluding hydrogens is 755 g/mol. The standard InChI is InChI=1S/C54H37N3S2/c1-6-19-38(20-7-1)55(39-21-8-2-9-22-39)43-33-36-51-46(37-43)44-30-18-31-48(53(44)58-51)57(42-27-14-5-15-28-42)47-34-35-49(54-52(47)45-29-16-17-32-50(45)59-54)56(40-23-10-3-11-24-40)41-25-12-4-13-26-41/h1-37H. The Bertz CT molecular complexity index is 3140. The molecule has 11 rings (SSSR count). The van der Waals surface area contributed by atoms with Crippen LogP contribution in [0.5, 0.6) is 0 Å². The average Bonchev–Trinajstić information content (AvgIpc) is 3.89. The van der Waals surface area contributed by atoms with Crippen LogP contribution in [-0.4, -0.2) is 0 Å². The predicted molar refractivity (Wildman–Crippen MR) is 256 cm³/mol. The molecule has 0 saturated heterocycles. The van der Waals surface area contributed by atoms with Crippen molar-refractivity contribution in [1.82, 2.24) is 0 Å². The van der Waals surface area contributed by atoms with E-state index in [0.717, 1.165) is 51.2 Å². The van der Waals surface area contributed by atoms with Crippen LogP contribution in [0.1, 0.15) is 0 Å². The molecule has 280 valence electrons. The van der Waals surface area contributed by atoms with Crippen LogP contribution >= 0.6 is 22.7 Å². The highest BCUT2D eigenvalue weighted by Gasteiger charge is 2.25. The molecule has 0 aliphatic heterocycles. The van der Waals surface area contributed by atoms with Gasteiger partial charge in [-0.1, -0.05) is 121 Å². The van der Waals surface area contributed by atoms with Gasteiger partial charge >= 0.3 is 0 Å². The Morgan fingerprint density at radius 2 is 0.695 bits per heavy atom. The van der Waals surface area contributed by atoms with Crippen LogP contribution in [0.4, 0.5) is 51.2 Å². The second kappa shape index (κ2) is 15.0. The highest BCUT2D eigenvalue weighted by molar-refractivity contribution is 7.27. The summed E-state index contributed by atoms with van der Waals surface area (Å²) < 4.78 is 5.02. The number of thiophene rings is 2. The van der Waals surface area contributed by atoms with E-state index in [4.69, 9.17) is 0 Å². The quantitative estimate of drug-likeness (QED) is 0.144. The molecule has 2 aromatic heterocycles. The summed E-state index contributed by atoms with van der Waals surface area (Å²) in [6, 6.07) is 80.8. The molecule has 0 spiro atoms. The summed E-state index contributed by atoms with van der Waals surface area (Å²) in [4.78, 5) is 7.23. The molecule has 0 amide bonds. The Morgan fingerprint density at radius 3 is 1.29 bits per heavy atom. The van der Waals surface area contributed by atoms with E-state index in [9.17, 15) is 0 Å². The maximum atomic E-state index is 2.49. The zero-order chi connectivity index (χ0) is 39.1. The average molecular weight is 792 g/mol. The third-order valence-corrected chi connectivity index (χ3v) is 13.4. The summed E-state index contributed by atoms with van der Waals surface area (Å²) in [6.07, 6.45) is 0. The number of hydrogen-bond acceptors (Lipinski definition) is 5. The van der Waals surface area contributed by atoms with Gasteiger partial charge in [0.1, 0.15) is 0 Å². The monoisotopic (exact) mass is 791 g/mol. The van der Waals surface area contributed by atoms with E-state index in [1.54, 1.807) is 0 Å². The first kappa shape index (κ1) is 35.0. The van der Waals surface area contributed by atoms with Crippen molar-refractivity contribution in [3.05, 3.63) is 224 Å². The molecule has 5 heteroatoms. The molecule has 0 fully saturated rings. The summed E-state index contributed by atoms with van der Waals surface area (Å²) in [5.41, 5.74) is 10.2. The summed E-state index contributed by atoms with van der Waals surface area (Å²) in [5.74, 6) is 0. The molecule has 0 bridgehead atoms. The van der Waals surface area contributed by atoms with Gasteiger partial charge in [0.2, 0.25) is 0 Å². The predicted octanol–water partition coefficient (Wildman–Crippen LogP) is 16.8. The second-order valence-corrected chi connectivity index (χ2v) is 16.6. The fraction of sp³-hybridized carbons (Fsp3) is 0. The molecule has 0 radical (unpaired) electrons. The van der Waals surface area contributed by atoms with Crippen molar-refractivity contribution in [3.8, 4) is 0 Å². The molecule has 0 N–H and O–H groups in total. The van der Waals surface area contributed by atoms with Crippen LogP contribution in [0.25, 0.3) is 40.3 Å². The lowest BCUT2D eigenvalue weighted by atomic mass is 10.0. The molecule has 59 heavy (non-hydrogen) atoms. The first-order valence-electron chi connectivity index (χ1n) is 19.9. The SMILES string of the molecule is c1ccc(N(c2ccccc2)c2ccc3sc4c(N(c5ccccc5)c5ccc(N(c6ccccc6)c6ccccc6)c6sc7ccccc7c56)cccc4c3c2)cc1. The number of para-hydroxylation sites is 5. The van der Waals surface area contributed by atoms with Gasteiger partial charge in [-0.3, -0.25) is 0 Å². The van der Waals surface area contributed by atoms with Gasteiger partial charge in [0, 0.05) is 65.1 Å². The fourth-order valence-corrected chi connectivity index (χ4v) is 10.8. The zero-order valence-electron chi connectivity index (χ0n) is 32.0. The van der Waals surface area contributed by atoms with Crippen LogP contribution in [0.15, 0.2) is 224 Å². The second-order valence-electron chi connectivity index (χ2n) is 14.5. The maximum Gasteiger partial charge on any atom is 0.0641 e. The Labute approximate surface area is 351 Å². The zero-order valence-corrected chi connectivity index (χ0v) is 33.7. The minimum absolute atomic E-state index is 1.12. The number of nitrogens with zero attached hydrogens (tertiary/aromatic N) is 3. The van der Waals surface area contributed by atoms with Crippen LogP contribution in [0, 0.1) is 0 Å². The lowest BCUT2D eigenvalue weighted by Gasteiger charge is -2.30. The Balaban J connectivity index is 1.14. The first-order chi connectivity index (χ1) is 29.3. The first-order valence-corrected chi connectivity index (χ1v) is 21.5. The van der Waals surface area contributed by atoms with Gasteiger partial charge in [0.05, 0.1) is 26.5 Å². The van der Waals surface area contributed by atoms with E-state index in [0.29, 0.717) is 0 Å². The minimum Gasteiger partial charge on any atom is -0.310 e. The van der Waals surface area contributed by atoms with Gasteiger partial charge in [-0.05, 0) is 103 Å². The highest BCUT2D eigenvalue weighted by Crippen LogP contribution is 2.53. The molecule has 0 unspecified atom stereocenters. The van der Waals surface area contributed by atoms with Crippen LogP contribution < -0.4 is 14.7 Å². The van der Waals surface area contributed by atoms with Crippen LogP contribution in [-0.2, 0) is 0 Å². The molecule has 0 saturated carbocycles. The third kappa shape index (κ3) is 6.20. The van der Waals surface area contributed by atoms with E-state index < -0.39 is 0 Å². The number of anilines is 9. The Hall–Kier alpha value is -7.18. The van der Waals surface area contributed by atoms with E-state index in [2.05, 4.69) is 239 Å². The van der Waals surface area contributed by atoms with Crippen molar-refractivity contribution in [3.63, 3.8) is 0 Å². The molecule has 9 aromatic carbocycles. The van der Waals surface area contributed by atoms with E-state index >= 15 is 0 Å². The van der Waals surface area contributed by atoms with Crippen molar-refractivity contribution in [1.29, 1.82) is 0 Å². The van der Waals surface area contributed by atoms with Crippen molar-refractivity contribution >= 4 is 114 Å².